The highest BCUT2D eigenvalue weighted by atomic mass is 32.2. The number of hydrazone groups is 1. The molecule has 174 valence electrons. The number of hydrogen-bond acceptors (Lipinski definition) is 8. The average Bonchev–Trinajstić information content (AvgIpc) is 3.38. The lowest BCUT2D eigenvalue weighted by molar-refractivity contribution is -0.402. The van der Waals surface area contributed by atoms with E-state index in [1.807, 2.05) is 0 Å². The van der Waals surface area contributed by atoms with Crippen molar-refractivity contribution in [3.05, 3.63) is 57.8 Å². The van der Waals surface area contributed by atoms with Crippen molar-refractivity contribution in [3.63, 3.8) is 0 Å². The zero-order chi connectivity index (χ0) is 23.4. The van der Waals surface area contributed by atoms with Gasteiger partial charge in [-0.1, -0.05) is 31.4 Å². The van der Waals surface area contributed by atoms with Crippen LogP contribution in [0.4, 0.5) is 5.88 Å². The van der Waals surface area contributed by atoms with Crippen molar-refractivity contribution in [1.29, 1.82) is 0 Å². The van der Waals surface area contributed by atoms with Crippen LogP contribution in [0.3, 0.4) is 0 Å². The lowest BCUT2D eigenvalue weighted by Gasteiger charge is -2.23. The van der Waals surface area contributed by atoms with Crippen LogP contribution in [-0.4, -0.2) is 48.9 Å². The molecule has 0 spiro atoms. The van der Waals surface area contributed by atoms with Gasteiger partial charge in [0, 0.05) is 18.0 Å². The van der Waals surface area contributed by atoms with Gasteiger partial charge in [-0.25, -0.2) is 5.01 Å². The fraction of sp³-hybridized carbons (Fsp3) is 0.381. The van der Waals surface area contributed by atoms with E-state index in [1.165, 1.54) is 35.8 Å². The molecule has 1 saturated carbocycles. The number of rotatable bonds is 7. The predicted octanol–water partition coefficient (Wildman–Crippen LogP) is 2.81. The summed E-state index contributed by atoms with van der Waals surface area (Å²) in [5.41, 5.74) is 0.368. The molecule has 1 aliphatic carbocycles. The van der Waals surface area contributed by atoms with E-state index in [0.717, 1.165) is 25.7 Å². The zero-order valence-corrected chi connectivity index (χ0v) is 18.5. The molecule has 2 heterocycles. The second-order valence-electron chi connectivity index (χ2n) is 7.84. The summed E-state index contributed by atoms with van der Waals surface area (Å²) >= 11 is 0. The van der Waals surface area contributed by atoms with Gasteiger partial charge in [-0.15, -0.1) is 4.40 Å². The Balaban J connectivity index is 1.55. The van der Waals surface area contributed by atoms with Crippen molar-refractivity contribution >= 4 is 33.9 Å². The first-order valence-corrected chi connectivity index (χ1v) is 12.1. The maximum Gasteiger partial charge on any atom is 0.433 e. The maximum absolute atomic E-state index is 12.5. The van der Waals surface area contributed by atoms with Crippen LogP contribution in [0.15, 0.2) is 55.2 Å². The molecule has 1 aliphatic heterocycles. The first kappa shape index (κ1) is 22.6. The number of furan rings is 1. The minimum absolute atomic E-state index is 0.0560. The summed E-state index contributed by atoms with van der Waals surface area (Å²) in [4.78, 5) is 22.7. The van der Waals surface area contributed by atoms with Crippen LogP contribution in [0.25, 0.3) is 0 Å². The summed E-state index contributed by atoms with van der Waals surface area (Å²) in [7, 11) is -3.89. The third kappa shape index (κ3) is 5.28. The third-order valence-corrected chi connectivity index (χ3v) is 6.82. The van der Waals surface area contributed by atoms with Crippen molar-refractivity contribution in [2.75, 3.05) is 6.54 Å². The number of benzene rings is 1. The number of fused-ring (bicyclic) bond motifs is 1. The molecule has 0 saturated heterocycles. The molecule has 0 unspecified atom stereocenters. The van der Waals surface area contributed by atoms with Gasteiger partial charge >= 0.3 is 5.88 Å². The molecular weight excluding hydrogens is 450 g/mol. The fourth-order valence-electron chi connectivity index (χ4n) is 3.88. The van der Waals surface area contributed by atoms with Crippen LogP contribution in [-0.2, 0) is 14.8 Å². The van der Waals surface area contributed by atoms with E-state index >= 15 is 0 Å². The van der Waals surface area contributed by atoms with Gasteiger partial charge in [-0.05, 0) is 31.0 Å². The van der Waals surface area contributed by atoms with Gasteiger partial charge in [0.1, 0.15) is 9.82 Å². The molecule has 1 N–H and O–H groups in total. The van der Waals surface area contributed by atoms with Crippen LogP contribution in [0.1, 0.15) is 49.8 Å². The lowest BCUT2D eigenvalue weighted by Crippen LogP contribution is -2.38. The van der Waals surface area contributed by atoms with E-state index in [0.29, 0.717) is 5.56 Å². The summed E-state index contributed by atoms with van der Waals surface area (Å²) < 4.78 is 33.9. The molecule has 0 bridgehead atoms. The van der Waals surface area contributed by atoms with E-state index in [2.05, 4.69) is 14.8 Å². The summed E-state index contributed by atoms with van der Waals surface area (Å²) in [5.74, 6) is -0.423. The number of hydrogen-bond donors (Lipinski definition) is 1. The number of carbonyl (C=O) groups is 1. The highest BCUT2D eigenvalue weighted by Gasteiger charge is 2.32. The first-order chi connectivity index (χ1) is 15.8. The third-order valence-electron chi connectivity index (χ3n) is 5.49. The average molecular weight is 474 g/mol. The van der Waals surface area contributed by atoms with Crippen LogP contribution >= 0.6 is 0 Å². The van der Waals surface area contributed by atoms with Gasteiger partial charge in [0.25, 0.3) is 10.0 Å². The molecule has 1 aromatic carbocycles. The molecule has 4 rings (SSSR count). The van der Waals surface area contributed by atoms with Crippen LogP contribution < -0.4 is 5.32 Å². The zero-order valence-electron chi connectivity index (χ0n) is 17.7. The number of carbonyl (C=O) groups excluding carboxylic acids is 1. The Morgan fingerprint density at radius 3 is 2.73 bits per heavy atom. The van der Waals surface area contributed by atoms with E-state index in [1.54, 1.807) is 18.2 Å². The lowest BCUT2D eigenvalue weighted by atomic mass is 9.95. The molecular formula is C21H23N5O6S. The van der Waals surface area contributed by atoms with E-state index in [9.17, 15) is 23.3 Å². The van der Waals surface area contributed by atoms with Gasteiger partial charge < -0.3 is 9.73 Å². The highest BCUT2D eigenvalue weighted by Crippen LogP contribution is 2.28. The SMILES string of the molecule is O=C(CCN(N=Cc1ccc([N+](=O)[O-])o1)C1=NS(=O)(=O)c2ccccc21)NC1CCCCC1. The highest BCUT2D eigenvalue weighted by molar-refractivity contribution is 7.90. The van der Waals surface area contributed by atoms with Gasteiger partial charge in [-0.3, -0.25) is 14.9 Å². The van der Waals surface area contributed by atoms with Crippen molar-refractivity contribution in [3.8, 4) is 0 Å². The van der Waals surface area contributed by atoms with Crippen LogP contribution in [0.2, 0.25) is 0 Å². The molecule has 0 radical (unpaired) electrons. The Labute approximate surface area is 190 Å². The van der Waals surface area contributed by atoms with Crippen molar-refractivity contribution in [1.82, 2.24) is 10.3 Å². The Hall–Kier alpha value is -3.54. The normalized spacial score (nSPS) is 17.5. The molecule has 2 aliphatic rings. The van der Waals surface area contributed by atoms with Gasteiger partial charge in [0.05, 0.1) is 18.8 Å². The van der Waals surface area contributed by atoms with Gasteiger partial charge in [-0.2, -0.15) is 13.5 Å². The molecule has 11 nitrogen and oxygen atoms in total. The Kier molecular flexibility index (Phi) is 6.54. The Morgan fingerprint density at radius 1 is 1.24 bits per heavy atom. The molecule has 0 atom stereocenters. The molecule has 1 fully saturated rings. The number of nitrogens with one attached hydrogen (secondary N) is 1. The smallest absolute Gasteiger partial charge is 0.400 e. The van der Waals surface area contributed by atoms with Crippen molar-refractivity contribution < 1.29 is 22.6 Å². The largest absolute Gasteiger partial charge is 0.433 e. The van der Waals surface area contributed by atoms with Crippen molar-refractivity contribution in [2.24, 2.45) is 9.50 Å². The Morgan fingerprint density at radius 2 is 2.00 bits per heavy atom. The summed E-state index contributed by atoms with van der Waals surface area (Å²) in [6.45, 7) is 0.0561. The number of sulfonamides is 1. The monoisotopic (exact) mass is 473 g/mol. The second-order valence-corrected chi connectivity index (χ2v) is 9.41. The first-order valence-electron chi connectivity index (χ1n) is 10.6. The molecule has 12 heteroatoms. The molecule has 2 aromatic rings. The molecule has 1 aromatic heterocycles. The van der Waals surface area contributed by atoms with Gasteiger partial charge in [0.15, 0.2) is 11.6 Å². The van der Waals surface area contributed by atoms with Crippen LogP contribution in [0, 0.1) is 10.1 Å². The molecule has 33 heavy (non-hydrogen) atoms. The molecule has 1 amide bonds. The predicted molar refractivity (Wildman–Crippen MR) is 119 cm³/mol. The summed E-state index contributed by atoms with van der Waals surface area (Å²) in [6, 6.07) is 9.06. The topological polar surface area (TPSA) is 147 Å². The minimum Gasteiger partial charge on any atom is -0.400 e. The van der Waals surface area contributed by atoms with Crippen LogP contribution in [0.5, 0.6) is 0 Å². The van der Waals surface area contributed by atoms with E-state index in [4.69, 9.17) is 4.42 Å². The fourth-order valence-corrected chi connectivity index (χ4v) is 5.09. The Bertz CT molecular complexity index is 1210. The minimum atomic E-state index is -3.89. The quantitative estimate of drug-likeness (QED) is 0.369. The van der Waals surface area contributed by atoms with Gasteiger partial charge in [0.2, 0.25) is 5.91 Å². The standard InChI is InChI=1S/C21H23N5O6S/c27-19(23-15-6-2-1-3-7-15)12-13-25(22-14-16-10-11-20(32-16)26(28)29)21-17-8-4-5-9-18(17)33(30,31)24-21/h4-5,8-11,14-15H,1-3,6-7,12-13H2,(H,23,27). The number of nitrogens with zero attached hydrogens (tertiary/aromatic N) is 4. The van der Waals surface area contributed by atoms with E-state index < -0.39 is 20.8 Å². The number of nitro groups is 1. The number of amides is 1. The summed E-state index contributed by atoms with van der Waals surface area (Å²) in [5, 5.41) is 19.4. The second kappa shape index (κ2) is 9.53. The van der Waals surface area contributed by atoms with E-state index in [-0.39, 0.29) is 41.4 Å². The number of amidine groups is 1. The summed E-state index contributed by atoms with van der Waals surface area (Å²) in [6.07, 6.45) is 6.53. The maximum atomic E-state index is 12.5. The van der Waals surface area contributed by atoms with Crippen molar-refractivity contribution in [2.45, 2.75) is 49.5 Å².